The Bertz CT molecular complexity index is 427. The van der Waals surface area contributed by atoms with E-state index in [0.29, 0.717) is 5.92 Å². The fourth-order valence-corrected chi connectivity index (χ4v) is 1.82. The van der Waals surface area contributed by atoms with Crippen LogP contribution in [-0.4, -0.2) is 5.71 Å². The molecule has 0 bridgehead atoms. The van der Waals surface area contributed by atoms with E-state index in [1.54, 1.807) is 0 Å². The largest absolute Gasteiger partial charge is 0.265 e. The predicted molar refractivity (Wildman–Crippen MR) is 65.1 cm³/mol. The van der Waals surface area contributed by atoms with E-state index in [0.717, 1.165) is 18.4 Å². The van der Waals surface area contributed by atoms with Crippen molar-refractivity contribution >= 4 is 5.71 Å². The first-order valence-corrected chi connectivity index (χ1v) is 5.64. The number of halogens is 1. The van der Waals surface area contributed by atoms with Crippen LogP contribution in [0.5, 0.6) is 0 Å². The Hall–Kier alpha value is -1.44. The first kappa shape index (κ1) is 11.1. The lowest BCUT2D eigenvalue weighted by atomic mass is 9.98. The Labute approximate surface area is 95.7 Å². The van der Waals surface area contributed by atoms with Crippen LogP contribution >= 0.6 is 0 Å². The third-order valence-electron chi connectivity index (χ3n) is 2.83. The highest BCUT2D eigenvalue weighted by Gasteiger charge is 2.13. The molecule has 1 heterocycles. The van der Waals surface area contributed by atoms with Crippen LogP contribution < -0.4 is 0 Å². The van der Waals surface area contributed by atoms with Crippen molar-refractivity contribution in [1.82, 2.24) is 0 Å². The molecule has 16 heavy (non-hydrogen) atoms. The van der Waals surface area contributed by atoms with Crippen molar-refractivity contribution in [3.63, 3.8) is 0 Å². The molecule has 0 saturated heterocycles. The van der Waals surface area contributed by atoms with Crippen molar-refractivity contribution in [2.45, 2.75) is 26.7 Å². The Morgan fingerprint density at radius 1 is 1.25 bits per heavy atom. The highest BCUT2D eigenvalue weighted by atomic mass is 19.1. The lowest BCUT2D eigenvalue weighted by Gasteiger charge is -2.06. The number of hydrogen-bond donors (Lipinski definition) is 0. The van der Waals surface area contributed by atoms with Gasteiger partial charge in [-0.15, -0.1) is 0 Å². The van der Waals surface area contributed by atoms with Crippen LogP contribution in [0.25, 0.3) is 0 Å². The zero-order valence-electron chi connectivity index (χ0n) is 9.70. The zero-order chi connectivity index (χ0) is 11.5. The van der Waals surface area contributed by atoms with Crippen LogP contribution in [0.15, 0.2) is 41.0 Å². The first-order chi connectivity index (χ1) is 7.65. The molecule has 1 aromatic rings. The molecule has 0 atom stereocenters. The van der Waals surface area contributed by atoms with Gasteiger partial charge in [-0.25, -0.2) is 4.39 Å². The van der Waals surface area contributed by atoms with E-state index >= 15 is 0 Å². The highest BCUT2D eigenvalue weighted by Crippen LogP contribution is 2.20. The highest BCUT2D eigenvalue weighted by molar-refractivity contribution is 5.90. The van der Waals surface area contributed by atoms with Crippen LogP contribution in [0.2, 0.25) is 0 Å². The average Bonchev–Trinajstić information content (AvgIpc) is 2.70. The van der Waals surface area contributed by atoms with Gasteiger partial charge in [0, 0.05) is 18.3 Å². The SMILES string of the molecule is CC(C)C1=NC=C(Cc2ccc(F)cc2)C1. The quantitative estimate of drug-likeness (QED) is 0.731. The van der Waals surface area contributed by atoms with E-state index in [4.69, 9.17) is 0 Å². The molecule has 1 nitrogen and oxygen atoms in total. The van der Waals surface area contributed by atoms with Crippen molar-refractivity contribution in [1.29, 1.82) is 0 Å². The van der Waals surface area contributed by atoms with Crippen LogP contribution in [0.3, 0.4) is 0 Å². The molecule has 1 aromatic carbocycles. The number of benzene rings is 1. The summed E-state index contributed by atoms with van der Waals surface area (Å²) in [6.45, 7) is 4.32. The van der Waals surface area contributed by atoms with Gasteiger partial charge in [-0.2, -0.15) is 0 Å². The Kier molecular flexibility index (Phi) is 3.18. The van der Waals surface area contributed by atoms with Crippen molar-refractivity contribution in [2.24, 2.45) is 10.9 Å². The number of allylic oxidation sites excluding steroid dienone is 1. The lowest BCUT2D eigenvalue weighted by molar-refractivity contribution is 0.627. The van der Waals surface area contributed by atoms with E-state index in [1.807, 2.05) is 18.3 Å². The second-order valence-electron chi connectivity index (χ2n) is 4.54. The van der Waals surface area contributed by atoms with Gasteiger partial charge in [-0.05, 0) is 35.6 Å². The molecule has 2 rings (SSSR count). The standard InChI is InChI=1S/C14H16FN/c1-10(2)14-8-12(9-16-14)7-11-3-5-13(15)6-4-11/h3-6,9-10H,7-8H2,1-2H3. The number of nitrogens with zero attached hydrogens (tertiary/aromatic N) is 1. The summed E-state index contributed by atoms with van der Waals surface area (Å²) in [6, 6.07) is 6.69. The molecule has 0 saturated carbocycles. The topological polar surface area (TPSA) is 12.4 Å². The second kappa shape index (κ2) is 4.60. The Morgan fingerprint density at radius 2 is 1.94 bits per heavy atom. The van der Waals surface area contributed by atoms with Gasteiger partial charge in [0.05, 0.1) is 0 Å². The summed E-state index contributed by atoms with van der Waals surface area (Å²) in [5.74, 6) is 0.338. The van der Waals surface area contributed by atoms with E-state index < -0.39 is 0 Å². The van der Waals surface area contributed by atoms with E-state index in [9.17, 15) is 4.39 Å². The zero-order valence-corrected chi connectivity index (χ0v) is 9.70. The number of rotatable bonds is 3. The van der Waals surface area contributed by atoms with Crippen molar-refractivity contribution in [3.05, 3.63) is 47.4 Å². The van der Waals surface area contributed by atoms with Crippen molar-refractivity contribution < 1.29 is 4.39 Å². The van der Waals surface area contributed by atoms with Crippen LogP contribution in [-0.2, 0) is 6.42 Å². The normalized spacial score (nSPS) is 15.2. The van der Waals surface area contributed by atoms with Gasteiger partial charge < -0.3 is 0 Å². The third kappa shape index (κ3) is 2.57. The molecule has 1 aliphatic heterocycles. The molecule has 0 fully saturated rings. The van der Waals surface area contributed by atoms with Gasteiger partial charge in [-0.3, -0.25) is 4.99 Å². The third-order valence-corrected chi connectivity index (χ3v) is 2.83. The molecular formula is C14H16FN. The molecule has 1 aliphatic rings. The summed E-state index contributed by atoms with van der Waals surface area (Å²) in [4.78, 5) is 4.41. The minimum atomic E-state index is -0.178. The van der Waals surface area contributed by atoms with E-state index in [2.05, 4.69) is 18.8 Å². The van der Waals surface area contributed by atoms with Gasteiger partial charge in [-0.1, -0.05) is 26.0 Å². The Morgan fingerprint density at radius 3 is 2.50 bits per heavy atom. The summed E-state index contributed by atoms with van der Waals surface area (Å²) >= 11 is 0. The van der Waals surface area contributed by atoms with Gasteiger partial charge in [0.1, 0.15) is 5.82 Å². The molecule has 0 N–H and O–H groups in total. The molecule has 0 spiro atoms. The van der Waals surface area contributed by atoms with E-state index in [1.165, 1.54) is 23.4 Å². The molecule has 0 aliphatic carbocycles. The summed E-state index contributed by atoms with van der Waals surface area (Å²) in [5, 5.41) is 0. The smallest absolute Gasteiger partial charge is 0.123 e. The molecule has 84 valence electrons. The number of hydrogen-bond acceptors (Lipinski definition) is 1. The molecular weight excluding hydrogens is 201 g/mol. The fraction of sp³-hybridized carbons (Fsp3) is 0.357. The first-order valence-electron chi connectivity index (χ1n) is 5.64. The summed E-state index contributed by atoms with van der Waals surface area (Å²) < 4.78 is 12.7. The van der Waals surface area contributed by atoms with Gasteiger partial charge in [0.2, 0.25) is 0 Å². The predicted octanol–water partition coefficient (Wildman–Crippen LogP) is 3.75. The maximum absolute atomic E-state index is 12.7. The van der Waals surface area contributed by atoms with E-state index in [-0.39, 0.29) is 5.82 Å². The molecule has 0 aromatic heterocycles. The maximum Gasteiger partial charge on any atom is 0.123 e. The van der Waals surface area contributed by atoms with Crippen molar-refractivity contribution in [3.8, 4) is 0 Å². The van der Waals surface area contributed by atoms with Crippen molar-refractivity contribution in [2.75, 3.05) is 0 Å². The lowest BCUT2D eigenvalue weighted by Crippen LogP contribution is -2.05. The van der Waals surface area contributed by atoms with Crippen LogP contribution in [0.1, 0.15) is 25.8 Å². The summed E-state index contributed by atoms with van der Waals surface area (Å²) in [6.07, 6.45) is 3.80. The second-order valence-corrected chi connectivity index (χ2v) is 4.54. The van der Waals surface area contributed by atoms with Gasteiger partial charge >= 0.3 is 0 Å². The summed E-state index contributed by atoms with van der Waals surface area (Å²) in [5.41, 5.74) is 3.71. The monoisotopic (exact) mass is 217 g/mol. The molecule has 0 amide bonds. The molecule has 0 radical (unpaired) electrons. The fourth-order valence-electron chi connectivity index (χ4n) is 1.82. The molecule has 2 heteroatoms. The van der Waals surface area contributed by atoms with Crippen LogP contribution in [0.4, 0.5) is 4.39 Å². The minimum absolute atomic E-state index is 0.178. The van der Waals surface area contributed by atoms with Crippen LogP contribution in [0, 0.1) is 11.7 Å². The average molecular weight is 217 g/mol. The van der Waals surface area contributed by atoms with Gasteiger partial charge in [0.15, 0.2) is 0 Å². The Balaban J connectivity index is 1.96. The summed E-state index contributed by atoms with van der Waals surface area (Å²) in [7, 11) is 0. The van der Waals surface area contributed by atoms with Gasteiger partial charge in [0.25, 0.3) is 0 Å². The maximum atomic E-state index is 12.7. The number of aliphatic imine (C=N–C) groups is 1. The minimum Gasteiger partial charge on any atom is -0.265 e. The molecule has 0 unspecified atom stereocenters.